The first-order valence-electron chi connectivity index (χ1n) is 10.5. The number of carbonyl (C=O) groups is 1. The van der Waals surface area contributed by atoms with E-state index in [-0.39, 0.29) is 11.3 Å². The minimum absolute atomic E-state index is 0.000448. The second-order valence-electron chi connectivity index (χ2n) is 7.69. The van der Waals surface area contributed by atoms with Gasteiger partial charge in [-0.1, -0.05) is 53.1 Å². The lowest BCUT2D eigenvalue weighted by atomic mass is 9.98. The molecule has 4 nitrogen and oxygen atoms in total. The molecule has 1 amide bonds. The molecule has 0 spiro atoms. The van der Waals surface area contributed by atoms with E-state index in [1.165, 1.54) is 24.3 Å². The predicted molar refractivity (Wildman–Crippen MR) is 130 cm³/mol. The number of nitriles is 1. The zero-order valence-corrected chi connectivity index (χ0v) is 19.5. The first-order valence-corrected chi connectivity index (χ1v) is 10.9. The van der Waals surface area contributed by atoms with E-state index in [1.54, 1.807) is 18.2 Å². The van der Waals surface area contributed by atoms with Gasteiger partial charge in [0.2, 0.25) is 0 Å². The number of aryl methyl sites for hydroxylation is 2. The molecule has 0 aliphatic carbocycles. The van der Waals surface area contributed by atoms with Crippen molar-refractivity contribution in [1.29, 1.82) is 5.26 Å². The lowest BCUT2D eigenvalue weighted by Crippen LogP contribution is -2.14. The number of rotatable bonds is 7. The third-order valence-corrected chi connectivity index (χ3v) is 5.27. The highest BCUT2D eigenvalue weighted by atomic mass is 35.5. The molecule has 0 unspecified atom stereocenters. The molecule has 0 aliphatic heterocycles. The first kappa shape index (κ1) is 24.0. The smallest absolute Gasteiger partial charge is 0.266 e. The van der Waals surface area contributed by atoms with E-state index in [0.717, 1.165) is 22.3 Å². The number of anilines is 1. The second kappa shape index (κ2) is 10.8. The molecule has 0 heterocycles. The average molecular weight is 463 g/mol. The third-order valence-electron chi connectivity index (χ3n) is 4.94. The summed E-state index contributed by atoms with van der Waals surface area (Å²) in [7, 11) is 0. The molecule has 6 heteroatoms. The fourth-order valence-electron chi connectivity index (χ4n) is 3.61. The number of hydrogen-bond acceptors (Lipinski definition) is 3. The molecule has 1 N–H and O–H groups in total. The highest BCUT2D eigenvalue weighted by Crippen LogP contribution is 2.32. The number of nitrogens with one attached hydrogen (secondary N) is 1. The van der Waals surface area contributed by atoms with Crippen molar-refractivity contribution in [3.63, 3.8) is 0 Å². The molecule has 3 aromatic rings. The lowest BCUT2D eigenvalue weighted by molar-refractivity contribution is -0.112. The van der Waals surface area contributed by atoms with Gasteiger partial charge < -0.3 is 10.1 Å². The zero-order chi connectivity index (χ0) is 24.0. The normalized spacial score (nSPS) is 11.1. The van der Waals surface area contributed by atoms with Gasteiger partial charge in [-0.15, -0.1) is 0 Å². The summed E-state index contributed by atoms with van der Waals surface area (Å²) in [5, 5.41) is 12.4. The Labute approximate surface area is 198 Å². The van der Waals surface area contributed by atoms with Crippen molar-refractivity contribution in [3.05, 3.63) is 98.8 Å². The van der Waals surface area contributed by atoms with E-state index in [2.05, 4.69) is 23.5 Å². The molecular weight excluding hydrogens is 439 g/mol. The van der Waals surface area contributed by atoms with Gasteiger partial charge in [0.1, 0.15) is 23.2 Å². The maximum absolute atomic E-state index is 13.9. The SMILES string of the molecule is CCOc1cc(/C=C(\C#N)C(=O)Nc2ccccc2F)cc(Cl)c1Cc1cc(C)cc(C)c1. The molecule has 0 aromatic heterocycles. The van der Waals surface area contributed by atoms with E-state index in [4.69, 9.17) is 16.3 Å². The van der Waals surface area contributed by atoms with Gasteiger partial charge in [-0.05, 0) is 62.2 Å². The van der Waals surface area contributed by atoms with Crippen LogP contribution in [0.4, 0.5) is 10.1 Å². The number of para-hydroxylation sites is 1. The number of amides is 1. The summed E-state index contributed by atoms with van der Waals surface area (Å²) in [5.41, 5.74) is 4.62. The van der Waals surface area contributed by atoms with Crippen molar-refractivity contribution in [3.8, 4) is 11.8 Å². The minimum atomic E-state index is -0.712. The molecule has 33 heavy (non-hydrogen) atoms. The van der Waals surface area contributed by atoms with Gasteiger partial charge in [0.05, 0.1) is 12.3 Å². The predicted octanol–water partition coefficient (Wildman–Crippen LogP) is 6.63. The summed E-state index contributed by atoms with van der Waals surface area (Å²) in [6, 6.07) is 17.4. The molecular formula is C27H24ClFN2O2. The van der Waals surface area contributed by atoms with Gasteiger partial charge in [0.15, 0.2) is 0 Å². The maximum atomic E-state index is 13.9. The van der Waals surface area contributed by atoms with E-state index >= 15 is 0 Å². The van der Waals surface area contributed by atoms with E-state index in [0.29, 0.717) is 29.4 Å². The molecule has 3 rings (SSSR count). The summed E-state index contributed by atoms with van der Waals surface area (Å²) in [6.45, 7) is 6.40. The Morgan fingerprint density at radius 3 is 2.48 bits per heavy atom. The molecule has 0 saturated carbocycles. The van der Waals surface area contributed by atoms with Crippen LogP contribution < -0.4 is 10.1 Å². The molecule has 0 saturated heterocycles. The first-order chi connectivity index (χ1) is 15.8. The molecule has 0 aliphatic rings. The number of benzene rings is 3. The van der Waals surface area contributed by atoms with Crippen molar-refractivity contribution >= 4 is 29.3 Å². The second-order valence-corrected chi connectivity index (χ2v) is 8.10. The molecule has 0 radical (unpaired) electrons. The highest BCUT2D eigenvalue weighted by Gasteiger charge is 2.15. The van der Waals surface area contributed by atoms with Crippen LogP contribution in [-0.4, -0.2) is 12.5 Å². The van der Waals surface area contributed by atoms with Gasteiger partial charge in [0, 0.05) is 17.0 Å². The standard InChI is InChI=1S/C27H24ClFN2O2/c1-4-33-26-15-20(12-21(16-30)27(32)31-25-8-6-5-7-24(25)29)14-23(28)22(26)13-19-10-17(2)9-18(3)11-19/h5-12,14-15H,4,13H2,1-3H3,(H,31,32)/b21-12+. The maximum Gasteiger partial charge on any atom is 0.266 e. The van der Waals surface area contributed by atoms with Crippen LogP contribution in [0.3, 0.4) is 0 Å². The van der Waals surface area contributed by atoms with Crippen molar-refractivity contribution < 1.29 is 13.9 Å². The average Bonchev–Trinajstić information content (AvgIpc) is 2.75. The molecule has 0 atom stereocenters. The third kappa shape index (κ3) is 6.21. The Kier molecular flexibility index (Phi) is 7.87. The van der Waals surface area contributed by atoms with Crippen molar-refractivity contribution in [2.45, 2.75) is 27.2 Å². The Hall–Kier alpha value is -3.62. The van der Waals surface area contributed by atoms with Crippen LogP contribution >= 0.6 is 11.6 Å². The van der Waals surface area contributed by atoms with Crippen LogP contribution in [-0.2, 0) is 11.2 Å². The fraction of sp³-hybridized carbons (Fsp3) is 0.185. The Bertz CT molecular complexity index is 1240. The topological polar surface area (TPSA) is 62.1 Å². The number of hydrogen-bond donors (Lipinski definition) is 1. The fourth-order valence-corrected chi connectivity index (χ4v) is 3.90. The largest absolute Gasteiger partial charge is 0.494 e. The Morgan fingerprint density at radius 2 is 1.85 bits per heavy atom. The van der Waals surface area contributed by atoms with Crippen LogP contribution in [0.25, 0.3) is 6.08 Å². The summed E-state index contributed by atoms with van der Waals surface area (Å²) >= 11 is 6.61. The minimum Gasteiger partial charge on any atom is -0.494 e. The zero-order valence-electron chi connectivity index (χ0n) is 18.7. The number of ether oxygens (including phenoxy) is 1. The van der Waals surface area contributed by atoms with Gasteiger partial charge >= 0.3 is 0 Å². The van der Waals surface area contributed by atoms with Crippen LogP contribution in [0.5, 0.6) is 5.75 Å². The van der Waals surface area contributed by atoms with Crippen LogP contribution in [0.1, 0.15) is 34.7 Å². The van der Waals surface area contributed by atoms with E-state index in [9.17, 15) is 14.4 Å². The van der Waals surface area contributed by atoms with Gasteiger partial charge in [0.25, 0.3) is 5.91 Å². The number of halogens is 2. The highest BCUT2D eigenvalue weighted by molar-refractivity contribution is 6.31. The summed E-state index contributed by atoms with van der Waals surface area (Å²) in [6.07, 6.45) is 1.99. The van der Waals surface area contributed by atoms with Gasteiger partial charge in [-0.2, -0.15) is 5.26 Å². The molecule has 3 aromatic carbocycles. The van der Waals surface area contributed by atoms with Crippen molar-refractivity contribution in [1.82, 2.24) is 0 Å². The quantitative estimate of drug-likeness (QED) is 0.316. The number of carbonyl (C=O) groups excluding carboxylic acids is 1. The van der Waals surface area contributed by atoms with E-state index in [1.807, 2.05) is 26.8 Å². The number of nitrogens with zero attached hydrogens (tertiary/aromatic N) is 1. The lowest BCUT2D eigenvalue weighted by Gasteiger charge is -2.14. The van der Waals surface area contributed by atoms with E-state index < -0.39 is 11.7 Å². The Balaban J connectivity index is 1.94. The van der Waals surface area contributed by atoms with Gasteiger partial charge in [-0.3, -0.25) is 4.79 Å². The summed E-state index contributed by atoms with van der Waals surface area (Å²) in [5.74, 6) is -0.709. The molecule has 168 valence electrons. The summed E-state index contributed by atoms with van der Waals surface area (Å²) < 4.78 is 19.7. The van der Waals surface area contributed by atoms with Crippen LogP contribution in [0.2, 0.25) is 5.02 Å². The summed E-state index contributed by atoms with van der Waals surface area (Å²) in [4.78, 5) is 12.5. The molecule has 0 fully saturated rings. The van der Waals surface area contributed by atoms with Gasteiger partial charge in [-0.25, -0.2) is 4.39 Å². The van der Waals surface area contributed by atoms with Crippen LogP contribution in [0, 0.1) is 31.0 Å². The van der Waals surface area contributed by atoms with Crippen molar-refractivity contribution in [2.24, 2.45) is 0 Å². The van der Waals surface area contributed by atoms with Crippen molar-refractivity contribution in [2.75, 3.05) is 11.9 Å². The monoisotopic (exact) mass is 462 g/mol. The Morgan fingerprint density at radius 1 is 1.15 bits per heavy atom. The molecule has 0 bridgehead atoms. The van der Waals surface area contributed by atoms with Crippen LogP contribution in [0.15, 0.2) is 60.2 Å².